The van der Waals surface area contributed by atoms with E-state index in [-0.39, 0.29) is 6.04 Å². The van der Waals surface area contributed by atoms with Crippen molar-refractivity contribution < 1.29 is 4.74 Å². The Bertz CT molecular complexity index is 1070. The maximum Gasteiger partial charge on any atom is 0.124 e. The van der Waals surface area contributed by atoms with Gasteiger partial charge in [-0.1, -0.05) is 60.2 Å². The predicted molar refractivity (Wildman–Crippen MR) is 113 cm³/mol. The molecule has 2 nitrogen and oxygen atoms in total. The van der Waals surface area contributed by atoms with Gasteiger partial charge in [-0.25, -0.2) is 0 Å². The smallest absolute Gasteiger partial charge is 0.124 e. The number of nitrogens with one attached hydrogen (secondary N) is 1. The second kappa shape index (κ2) is 6.31. The Balaban J connectivity index is 1.75. The average Bonchev–Trinajstić information content (AvgIpc) is 3.19. The van der Waals surface area contributed by atoms with Gasteiger partial charge in [-0.15, -0.1) is 0 Å². The number of fused-ring (bicyclic) bond motifs is 4. The Morgan fingerprint density at radius 1 is 1.07 bits per heavy atom. The third-order valence-corrected chi connectivity index (χ3v) is 6.60. The van der Waals surface area contributed by atoms with Gasteiger partial charge >= 0.3 is 0 Å². The van der Waals surface area contributed by atoms with E-state index in [2.05, 4.69) is 66.9 Å². The van der Waals surface area contributed by atoms with Crippen LogP contribution in [0.15, 0.2) is 60.7 Å². The van der Waals surface area contributed by atoms with Gasteiger partial charge in [-0.2, -0.15) is 0 Å². The van der Waals surface area contributed by atoms with Crippen molar-refractivity contribution in [2.75, 3.05) is 12.4 Å². The first-order valence-corrected chi connectivity index (χ1v) is 9.84. The molecule has 0 bridgehead atoms. The summed E-state index contributed by atoms with van der Waals surface area (Å²) in [5, 5.41) is 7.16. The van der Waals surface area contributed by atoms with Crippen LogP contribution in [-0.2, 0) is 0 Å². The first kappa shape index (κ1) is 16.7. The van der Waals surface area contributed by atoms with Gasteiger partial charge in [-0.05, 0) is 53.3 Å². The summed E-state index contributed by atoms with van der Waals surface area (Å²) in [7, 11) is 1.76. The summed E-state index contributed by atoms with van der Waals surface area (Å²) in [5.41, 5.74) is 4.90. The molecule has 3 unspecified atom stereocenters. The SMILES string of the molecule is COc1ccc2ccccc2c1C1Nc2c(ccc(Cl)c2C)C2C=CCC21. The number of ether oxygens (including phenoxy) is 1. The van der Waals surface area contributed by atoms with Crippen LogP contribution in [0.2, 0.25) is 5.02 Å². The van der Waals surface area contributed by atoms with Gasteiger partial charge in [0.1, 0.15) is 5.75 Å². The van der Waals surface area contributed by atoms with Crippen LogP contribution in [0.5, 0.6) is 5.75 Å². The quantitative estimate of drug-likeness (QED) is 0.507. The van der Waals surface area contributed by atoms with Gasteiger partial charge in [0.05, 0.1) is 13.2 Å². The van der Waals surface area contributed by atoms with E-state index in [0.717, 1.165) is 22.8 Å². The molecule has 3 aromatic carbocycles. The van der Waals surface area contributed by atoms with Gasteiger partial charge in [0.2, 0.25) is 0 Å². The van der Waals surface area contributed by atoms with Gasteiger partial charge < -0.3 is 10.1 Å². The topological polar surface area (TPSA) is 21.3 Å². The van der Waals surface area contributed by atoms with E-state index in [0.29, 0.717) is 11.8 Å². The van der Waals surface area contributed by atoms with Gasteiger partial charge in [0.25, 0.3) is 0 Å². The molecule has 0 spiro atoms. The van der Waals surface area contributed by atoms with Crippen LogP contribution >= 0.6 is 11.6 Å². The second-order valence-electron chi connectivity index (χ2n) is 7.51. The molecule has 3 atom stereocenters. The number of halogens is 1. The molecule has 3 heteroatoms. The van der Waals surface area contributed by atoms with Crippen LogP contribution < -0.4 is 10.1 Å². The first-order valence-electron chi connectivity index (χ1n) is 9.47. The summed E-state index contributed by atoms with van der Waals surface area (Å²) in [6.07, 6.45) is 5.75. The molecule has 1 N–H and O–H groups in total. The van der Waals surface area contributed by atoms with E-state index < -0.39 is 0 Å². The van der Waals surface area contributed by atoms with Crippen molar-refractivity contribution in [1.29, 1.82) is 0 Å². The molecule has 0 radical (unpaired) electrons. The number of hydrogen-bond acceptors (Lipinski definition) is 2. The number of rotatable bonds is 2. The number of benzene rings is 3. The van der Waals surface area contributed by atoms with Crippen molar-refractivity contribution in [1.82, 2.24) is 0 Å². The molecule has 3 aromatic rings. The number of allylic oxidation sites excluding steroid dienone is 2. The zero-order chi connectivity index (χ0) is 18.5. The molecule has 5 rings (SSSR count). The molecular formula is C24H22ClNO. The van der Waals surface area contributed by atoms with Crippen LogP contribution in [0.25, 0.3) is 10.8 Å². The lowest BCUT2D eigenvalue weighted by atomic mass is 9.75. The van der Waals surface area contributed by atoms with Gasteiger partial charge in [0, 0.05) is 22.2 Å². The van der Waals surface area contributed by atoms with E-state index >= 15 is 0 Å². The molecule has 1 aliphatic carbocycles. The van der Waals surface area contributed by atoms with Gasteiger partial charge in [-0.3, -0.25) is 0 Å². The summed E-state index contributed by atoms with van der Waals surface area (Å²) in [6, 6.07) is 17.2. The molecule has 0 amide bonds. The van der Waals surface area contributed by atoms with E-state index in [1.165, 1.54) is 27.6 Å². The van der Waals surface area contributed by atoms with Crippen molar-refractivity contribution in [3.05, 3.63) is 82.4 Å². The molecule has 1 aliphatic heterocycles. The lowest BCUT2D eigenvalue weighted by Gasteiger charge is -2.39. The molecule has 2 aliphatic rings. The lowest BCUT2D eigenvalue weighted by molar-refractivity contribution is 0.383. The molecule has 0 aromatic heterocycles. The highest BCUT2D eigenvalue weighted by Gasteiger charge is 2.40. The fraction of sp³-hybridized carbons (Fsp3) is 0.250. The highest BCUT2D eigenvalue weighted by molar-refractivity contribution is 6.31. The molecule has 1 heterocycles. The van der Waals surface area contributed by atoms with Crippen molar-refractivity contribution in [2.45, 2.75) is 25.3 Å². The summed E-state index contributed by atoms with van der Waals surface area (Å²) in [4.78, 5) is 0. The molecule has 0 saturated carbocycles. The Morgan fingerprint density at radius 2 is 1.93 bits per heavy atom. The number of hydrogen-bond donors (Lipinski definition) is 1. The Hall–Kier alpha value is -2.45. The first-order chi connectivity index (χ1) is 13.2. The second-order valence-corrected chi connectivity index (χ2v) is 7.92. The highest BCUT2D eigenvalue weighted by atomic mass is 35.5. The summed E-state index contributed by atoms with van der Waals surface area (Å²) >= 11 is 6.45. The third-order valence-electron chi connectivity index (χ3n) is 6.19. The largest absolute Gasteiger partial charge is 0.496 e. The van der Waals surface area contributed by atoms with Crippen LogP contribution in [0.3, 0.4) is 0 Å². The molecule has 0 saturated heterocycles. The summed E-state index contributed by atoms with van der Waals surface area (Å²) in [5.74, 6) is 1.82. The maximum absolute atomic E-state index is 6.45. The van der Waals surface area contributed by atoms with Crippen molar-refractivity contribution >= 4 is 28.1 Å². The van der Waals surface area contributed by atoms with Crippen LogP contribution in [0.1, 0.15) is 35.1 Å². The Labute approximate surface area is 164 Å². The molecule has 136 valence electrons. The lowest BCUT2D eigenvalue weighted by Crippen LogP contribution is -2.30. The van der Waals surface area contributed by atoms with Crippen molar-refractivity contribution in [3.8, 4) is 5.75 Å². The monoisotopic (exact) mass is 375 g/mol. The van der Waals surface area contributed by atoms with Crippen LogP contribution in [0, 0.1) is 12.8 Å². The van der Waals surface area contributed by atoms with E-state index in [9.17, 15) is 0 Å². The van der Waals surface area contributed by atoms with E-state index in [4.69, 9.17) is 16.3 Å². The van der Waals surface area contributed by atoms with Gasteiger partial charge in [0.15, 0.2) is 0 Å². The minimum atomic E-state index is 0.177. The van der Waals surface area contributed by atoms with Crippen LogP contribution in [-0.4, -0.2) is 7.11 Å². The van der Waals surface area contributed by atoms with E-state index in [1.54, 1.807) is 7.11 Å². The average molecular weight is 376 g/mol. The maximum atomic E-state index is 6.45. The van der Waals surface area contributed by atoms with E-state index in [1.807, 2.05) is 6.07 Å². The minimum absolute atomic E-state index is 0.177. The number of methoxy groups -OCH3 is 1. The Morgan fingerprint density at radius 3 is 2.78 bits per heavy atom. The standard InChI is InChI=1S/C24H22ClNO/c1-14-20(25)12-11-19-17-8-5-9-18(17)24(26-23(14)19)22-16-7-4-3-6-15(16)10-13-21(22)27-2/h3-8,10-13,17-18,24,26H,9H2,1-2H3. The molecule has 27 heavy (non-hydrogen) atoms. The minimum Gasteiger partial charge on any atom is -0.496 e. The van der Waals surface area contributed by atoms with Crippen molar-refractivity contribution in [3.63, 3.8) is 0 Å². The van der Waals surface area contributed by atoms with Crippen LogP contribution in [0.4, 0.5) is 5.69 Å². The fourth-order valence-corrected chi connectivity index (χ4v) is 5.01. The fourth-order valence-electron chi connectivity index (χ4n) is 4.85. The number of anilines is 1. The van der Waals surface area contributed by atoms with Crippen molar-refractivity contribution in [2.24, 2.45) is 5.92 Å². The summed E-state index contributed by atoms with van der Waals surface area (Å²) < 4.78 is 5.81. The zero-order valence-corrected chi connectivity index (χ0v) is 16.3. The Kier molecular flexibility index (Phi) is 3.91. The zero-order valence-electron chi connectivity index (χ0n) is 15.5. The molecular weight excluding hydrogens is 354 g/mol. The third kappa shape index (κ3) is 2.47. The molecule has 0 fully saturated rings. The summed E-state index contributed by atoms with van der Waals surface area (Å²) in [6.45, 7) is 2.10. The normalized spacial score (nSPS) is 23.0. The highest BCUT2D eigenvalue weighted by Crippen LogP contribution is 2.53. The predicted octanol–water partition coefficient (Wildman–Crippen LogP) is 6.64.